The number of hydrogen-bond acceptors (Lipinski definition) is 4. The van der Waals surface area contributed by atoms with Gasteiger partial charge in [0.2, 0.25) is 5.96 Å². The quantitative estimate of drug-likeness (QED) is 0.850. The van der Waals surface area contributed by atoms with Gasteiger partial charge in [-0.2, -0.15) is 0 Å². The van der Waals surface area contributed by atoms with Crippen LogP contribution in [0.3, 0.4) is 0 Å². The molecule has 2 N–H and O–H groups in total. The Kier molecular flexibility index (Phi) is 3.53. The van der Waals surface area contributed by atoms with Gasteiger partial charge >= 0.3 is 0 Å². The number of ether oxygens (including phenoxy) is 1. The minimum atomic E-state index is -3.54. The molecule has 1 heterocycles. The van der Waals surface area contributed by atoms with Crippen molar-refractivity contribution < 1.29 is 13.2 Å². The summed E-state index contributed by atoms with van der Waals surface area (Å²) in [6.45, 7) is 2.27. The van der Waals surface area contributed by atoms with E-state index >= 15 is 0 Å². The van der Waals surface area contributed by atoms with Crippen LogP contribution in [0.4, 0.5) is 5.69 Å². The van der Waals surface area contributed by atoms with E-state index in [2.05, 4.69) is 15.0 Å². The summed E-state index contributed by atoms with van der Waals surface area (Å²) >= 11 is 0. The summed E-state index contributed by atoms with van der Waals surface area (Å²) in [7, 11) is -1.96. The third-order valence-corrected chi connectivity index (χ3v) is 3.82. The predicted octanol–water partition coefficient (Wildman–Crippen LogP) is 0.781. The number of nitrogens with one attached hydrogen (secondary N) is 2. The lowest BCUT2D eigenvalue weighted by Crippen LogP contribution is -2.41. The maximum absolute atomic E-state index is 12.0. The van der Waals surface area contributed by atoms with Crippen molar-refractivity contribution in [3.05, 3.63) is 24.3 Å². The smallest absolute Gasteiger partial charge is 0.266 e. The highest BCUT2D eigenvalue weighted by molar-refractivity contribution is 7.90. The molecule has 7 heteroatoms. The van der Waals surface area contributed by atoms with Crippen molar-refractivity contribution in [3.63, 3.8) is 0 Å². The number of aliphatic imine (C=N–C) groups is 1. The van der Waals surface area contributed by atoms with Gasteiger partial charge in [-0.3, -0.25) is 0 Å². The standard InChI is InChI=1S/C11H15N3O3S/c1-8(7-17-2)12-11-13-9-5-3-4-6-10(9)18(15,16)14-11/h3-6,8H,7H2,1-2H3,(H2,12,13,14). The van der Waals surface area contributed by atoms with Gasteiger partial charge in [-0.15, -0.1) is 0 Å². The van der Waals surface area contributed by atoms with E-state index < -0.39 is 10.0 Å². The summed E-state index contributed by atoms with van der Waals surface area (Å²) in [6.07, 6.45) is 0. The lowest BCUT2D eigenvalue weighted by atomic mass is 10.3. The van der Waals surface area contributed by atoms with Crippen molar-refractivity contribution in [2.24, 2.45) is 4.99 Å². The highest BCUT2D eigenvalue weighted by atomic mass is 32.2. The van der Waals surface area contributed by atoms with Gasteiger partial charge in [-0.25, -0.2) is 18.1 Å². The first-order valence-corrected chi connectivity index (χ1v) is 6.97. The molecule has 0 aromatic heterocycles. The summed E-state index contributed by atoms with van der Waals surface area (Å²) < 4.78 is 31.3. The summed E-state index contributed by atoms with van der Waals surface area (Å²) in [6, 6.07) is 6.55. The number of anilines is 1. The second-order valence-electron chi connectivity index (χ2n) is 4.01. The first kappa shape index (κ1) is 12.8. The van der Waals surface area contributed by atoms with Gasteiger partial charge in [0.05, 0.1) is 18.3 Å². The van der Waals surface area contributed by atoms with E-state index in [0.29, 0.717) is 12.3 Å². The minimum Gasteiger partial charge on any atom is -0.382 e. The Morgan fingerprint density at radius 2 is 2.11 bits per heavy atom. The van der Waals surface area contributed by atoms with Gasteiger partial charge in [0.1, 0.15) is 4.90 Å². The van der Waals surface area contributed by atoms with Gasteiger partial charge in [0, 0.05) is 7.11 Å². The van der Waals surface area contributed by atoms with Crippen LogP contribution in [-0.4, -0.2) is 34.1 Å². The molecule has 0 bridgehead atoms. The Morgan fingerprint density at radius 1 is 1.39 bits per heavy atom. The molecule has 1 unspecified atom stereocenters. The number of benzene rings is 1. The zero-order valence-corrected chi connectivity index (χ0v) is 11.0. The van der Waals surface area contributed by atoms with Crippen LogP contribution >= 0.6 is 0 Å². The Labute approximate surface area is 106 Å². The molecule has 1 aliphatic heterocycles. The maximum Gasteiger partial charge on any atom is 0.266 e. The molecule has 0 radical (unpaired) electrons. The van der Waals surface area contributed by atoms with Gasteiger partial charge in [-0.1, -0.05) is 12.1 Å². The van der Waals surface area contributed by atoms with Gasteiger partial charge < -0.3 is 10.1 Å². The van der Waals surface area contributed by atoms with Crippen molar-refractivity contribution in [2.45, 2.75) is 17.9 Å². The topological polar surface area (TPSA) is 79.8 Å². The SMILES string of the molecule is COCC(C)N=C1Nc2ccccc2S(=O)(=O)N1. The number of guanidine groups is 1. The van der Waals surface area contributed by atoms with Crippen LogP contribution in [-0.2, 0) is 14.8 Å². The lowest BCUT2D eigenvalue weighted by molar-refractivity contribution is 0.186. The van der Waals surface area contributed by atoms with E-state index in [-0.39, 0.29) is 16.9 Å². The Balaban J connectivity index is 2.32. The molecule has 0 saturated carbocycles. The van der Waals surface area contributed by atoms with Crippen LogP contribution in [0.15, 0.2) is 34.2 Å². The number of rotatable bonds is 3. The molecule has 98 valence electrons. The molecule has 0 aliphatic carbocycles. The number of fused-ring (bicyclic) bond motifs is 1. The lowest BCUT2D eigenvalue weighted by Gasteiger charge is -2.22. The third-order valence-electron chi connectivity index (χ3n) is 2.42. The summed E-state index contributed by atoms with van der Waals surface area (Å²) in [4.78, 5) is 4.44. The molecular formula is C11H15N3O3S. The van der Waals surface area contributed by atoms with E-state index in [1.165, 1.54) is 0 Å². The normalized spacial score (nSPS) is 20.7. The Morgan fingerprint density at radius 3 is 2.83 bits per heavy atom. The van der Waals surface area contributed by atoms with Crippen LogP contribution in [0.2, 0.25) is 0 Å². The van der Waals surface area contributed by atoms with Crippen LogP contribution in [0.5, 0.6) is 0 Å². The predicted molar refractivity (Wildman–Crippen MR) is 69.2 cm³/mol. The van der Waals surface area contributed by atoms with Crippen molar-refractivity contribution in [2.75, 3.05) is 19.0 Å². The highest BCUT2D eigenvalue weighted by Gasteiger charge is 2.26. The second kappa shape index (κ2) is 4.95. The number of sulfonamides is 1. The van der Waals surface area contributed by atoms with Crippen LogP contribution in [0.25, 0.3) is 0 Å². The van der Waals surface area contributed by atoms with Gasteiger partial charge in [0.25, 0.3) is 10.0 Å². The molecule has 0 fully saturated rings. The highest BCUT2D eigenvalue weighted by Crippen LogP contribution is 2.23. The molecule has 18 heavy (non-hydrogen) atoms. The van der Waals surface area contributed by atoms with Gasteiger partial charge in [0.15, 0.2) is 0 Å². The molecule has 6 nitrogen and oxygen atoms in total. The first-order valence-electron chi connectivity index (χ1n) is 5.48. The van der Waals surface area contributed by atoms with Crippen molar-refractivity contribution in [3.8, 4) is 0 Å². The van der Waals surface area contributed by atoms with Crippen LogP contribution in [0.1, 0.15) is 6.92 Å². The van der Waals surface area contributed by atoms with E-state index in [1.807, 2.05) is 6.92 Å². The fraction of sp³-hybridized carbons (Fsp3) is 0.364. The summed E-state index contributed by atoms with van der Waals surface area (Å²) in [5.74, 6) is 0.221. The monoisotopic (exact) mass is 269 g/mol. The number of para-hydroxylation sites is 1. The molecule has 2 rings (SSSR count). The number of methoxy groups -OCH3 is 1. The molecule has 1 aliphatic rings. The first-order chi connectivity index (χ1) is 8.53. The van der Waals surface area contributed by atoms with Crippen molar-refractivity contribution >= 4 is 21.7 Å². The molecule has 1 aromatic carbocycles. The zero-order valence-electron chi connectivity index (χ0n) is 10.2. The number of hydrogen-bond donors (Lipinski definition) is 2. The second-order valence-corrected chi connectivity index (χ2v) is 5.66. The zero-order chi connectivity index (χ0) is 13.2. The molecule has 1 atom stereocenters. The summed E-state index contributed by atoms with van der Waals surface area (Å²) in [5, 5.41) is 2.95. The average Bonchev–Trinajstić information content (AvgIpc) is 2.28. The molecule has 0 saturated heterocycles. The van der Waals surface area contributed by atoms with Crippen molar-refractivity contribution in [1.82, 2.24) is 4.72 Å². The fourth-order valence-electron chi connectivity index (χ4n) is 1.70. The van der Waals surface area contributed by atoms with Crippen LogP contribution in [0, 0.1) is 0 Å². The average molecular weight is 269 g/mol. The Bertz CT molecular complexity index is 569. The van der Waals surface area contributed by atoms with E-state index in [1.54, 1.807) is 31.4 Å². The van der Waals surface area contributed by atoms with Gasteiger partial charge in [-0.05, 0) is 19.1 Å². The van der Waals surface area contributed by atoms with E-state index in [4.69, 9.17) is 4.74 Å². The van der Waals surface area contributed by atoms with Crippen LogP contribution < -0.4 is 10.0 Å². The largest absolute Gasteiger partial charge is 0.382 e. The molecule has 0 amide bonds. The van der Waals surface area contributed by atoms with E-state index in [9.17, 15) is 8.42 Å². The minimum absolute atomic E-state index is 0.134. The van der Waals surface area contributed by atoms with E-state index in [0.717, 1.165) is 0 Å². The van der Waals surface area contributed by atoms with Crippen molar-refractivity contribution in [1.29, 1.82) is 0 Å². The molecule has 0 spiro atoms. The summed E-state index contributed by atoms with van der Waals surface area (Å²) in [5.41, 5.74) is 0.527. The third kappa shape index (κ3) is 2.62. The molecule has 1 aromatic rings. The fourth-order valence-corrected chi connectivity index (χ4v) is 2.83. The number of nitrogens with zero attached hydrogens (tertiary/aromatic N) is 1. The Hall–Kier alpha value is -1.60. The molecular weight excluding hydrogens is 254 g/mol. The maximum atomic E-state index is 12.0.